The first kappa shape index (κ1) is 7.63. The summed E-state index contributed by atoms with van der Waals surface area (Å²) in [6.07, 6.45) is 2.12. The van der Waals surface area contributed by atoms with Crippen molar-refractivity contribution in [1.82, 2.24) is 4.90 Å². The summed E-state index contributed by atoms with van der Waals surface area (Å²) < 4.78 is 2.06. The highest BCUT2D eigenvalue weighted by atomic mass is 15.1. The highest BCUT2D eigenvalue weighted by molar-refractivity contribution is 5.53. The molecule has 0 aliphatic heterocycles. The zero-order valence-electron chi connectivity index (χ0n) is 6.18. The third-order valence-corrected chi connectivity index (χ3v) is 0.812. The summed E-state index contributed by atoms with van der Waals surface area (Å²) in [6.45, 7) is 1.02. The van der Waals surface area contributed by atoms with E-state index >= 15 is 0 Å². The smallest absolute Gasteiger partial charge is 0.153 e. The fourth-order valence-electron chi connectivity index (χ4n) is 0.327. The van der Waals surface area contributed by atoms with Crippen molar-refractivity contribution < 1.29 is 4.58 Å². The molecule has 0 fully saturated rings. The van der Waals surface area contributed by atoms with Crippen LogP contribution in [0.2, 0.25) is 0 Å². The lowest BCUT2D eigenvalue weighted by Crippen LogP contribution is -2.17. The van der Waals surface area contributed by atoms with Crippen LogP contribution < -0.4 is 0 Å². The topological polar surface area (TPSA) is 6.25 Å². The Morgan fingerprint density at radius 2 is 1.88 bits per heavy atom. The lowest BCUT2D eigenvalue weighted by Gasteiger charge is -2.00. The molecule has 8 heavy (non-hydrogen) atoms. The molecule has 0 aromatic carbocycles. The molecular weight excluding hydrogens is 100 g/mol. The van der Waals surface area contributed by atoms with Gasteiger partial charge in [-0.05, 0) is 14.1 Å². The fraction of sp³-hybridized carbons (Fsp3) is 0.833. The SMILES string of the molecule is CN(C)CC=[N+](C)C. The highest BCUT2D eigenvalue weighted by Gasteiger charge is 1.86. The second-order valence-corrected chi connectivity index (χ2v) is 2.41. The largest absolute Gasteiger partial charge is 0.300 e. The van der Waals surface area contributed by atoms with Crippen LogP contribution in [0.3, 0.4) is 0 Å². The Balaban J connectivity index is 3.29. The first-order chi connectivity index (χ1) is 3.63. The molecule has 48 valence electrons. The van der Waals surface area contributed by atoms with Crippen molar-refractivity contribution in [3.63, 3.8) is 0 Å². The normalized spacial score (nSPS) is 9.62. The molecule has 0 amide bonds. The van der Waals surface area contributed by atoms with E-state index in [4.69, 9.17) is 0 Å². The Hall–Kier alpha value is -0.370. The molecule has 0 aromatic rings. The quantitative estimate of drug-likeness (QED) is 0.359. The lowest BCUT2D eigenvalue weighted by molar-refractivity contribution is -0.460. The van der Waals surface area contributed by atoms with Gasteiger partial charge in [0.05, 0.1) is 6.54 Å². The fourth-order valence-corrected chi connectivity index (χ4v) is 0.327. The van der Waals surface area contributed by atoms with Crippen molar-refractivity contribution in [1.29, 1.82) is 0 Å². The second-order valence-electron chi connectivity index (χ2n) is 2.41. The molecule has 2 nitrogen and oxygen atoms in total. The van der Waals surface area contributed by atoms with Crippen molar-refractivity contribution in [2.75, 3.05) is 34.7 Å². The van der Waals surface area contributed by atoms with Gasteiger partial charge in [-0.1, -0.05) is 0 Å². The molecule has 0 atom stereocenters. The average Bonchev–Trinajstić information content (AvgIpc) is 1.61. The molecule has 0 bridgehead atoms. The predicted molar refractivity (Wildman–Crippen MR) is 36.7 cm³/mol. The Labute approximate surface area is 51.4 Å². The predicted octanol–water partition coefficient (Wildman–Crippen LogP) is -0.109. The van der Waals surface area contributed by atoms with Crippen molar-refractivity contribution in [2.45, 2.75) is 0 Å². The van der Waals surface area contributed by atoms with Crippen LogP contribution in [0.15, 0.2) is 0 Å². The average molecular weight is 115 g/mol. The number of hydrogen-bond donors (Lipinski definition) is 0. The maximum Gasteiger partial charge on any atom is 0.153 e. The molecule has 0 heterocycles. The molecule has 0 saturated carbocycles. The summed E-state index contributed by atoms with van der Waals surface area (Å²) in [5.74, 6) is 0. The first-order valence-corrected chi connectivity index (χ1v) is 2.77. The van der Waals surface area contributed by atoms with Crippen molar-refractivity contribution in [3.8, 4) is 0 Å². The van der Waals surface area contributed by atoms with Gasteiger partial charge in [-0.3, -0.25) is 0 Å². The summed E-state index contributed by atoms with van der Waals surface area (Å²) in [7, 11) is 8.17. The molecule has 2 heteroatoms. The number of hydrogen-bond acceptors (Lipinski definition) is 1. The van der Waals surface area contributed by atoms with E-state index in [2.05, 4.69) is 29.8 Å². The van der Waals surface area contributed by atoms with Crippen LogP contribution in [-0.4, -0.2) is 50.4 Å². The van der Waals surface area contributed by atoms with Gasteiger partial charge in [0.15, 0.2) is 6.21 Å². The summed E-state index contributed by atoms with van der Waals surface area (Å²) >= 11 is 0. The van der Waals surface area contributed by atoms with E-state index in [1.165, 1.54) is 0 Å². The van der Waals surface area contributed by atoms with Crippen molar-refractivity contribution in [3.05, 3.63) is 0 Å². The molecule has 0 N–H and O–H groups in total. The molecule has 0 radical (unpaired) electrons. The van der Waals surface area contributed by atoms with Crippen LogP contribution in [0, 0.1) is 0 Å². The maximum atomic E-state index is 2.12. The lowest BCUT2D eigenvalue weighted by atomic mass is 10.6. The van der Waals surface area contributed by atoms with Crippen LogP contribution in [-0.2, 0) is 0 Å². The van der Waals surface area contributed by atoms with Crippen molar-refractivity contribution in [2.24, 2.45) is 0 Å². The van der Waals surface area contributed by atoms with Crippen LogP contribution in [0.4, 0.5) is 0 Å². The van der Waals surface area contributed by atoms with Gasteiger partial charge < -0.3 is 4.90 Å². The van der Waals surface area contributed by atoms with E-state index in [1.54, 1.807) is 0 Å². The Kier molecular flexibility index (Phi) is 3.44. The van der Waals surface area contributed by atoms with Crippen LogP contribution >= 0.6 is 0 Å². The van der Waals surface area contributed by atoms with Gasteiger partial charge in [0.1, 0.15) is 14.1 Å². The van der Waals surface area contributed by atoms with Gasteiger partial charge in [-0.15, -0.1) is 0 Å². The van der Waals surface area contributed by atoms with Crippen LogP contribution in [0.25, 0.3) is 0 Å². The number of rotatable bonds is 2. The standard InChI is InChI=1S/C6H15N2/c1-7(2)5-6-8(3)4/h5H,6H2,1-4H3/q+1. The Morgan fingerprint density at radius 3 is 2.00 bits per heavy atom. The second kappa shape index (κ2) is 3.61. The van der Waals surface area contributed by atoms with E-state index in [9.17, 15) is 0 Å². The molecule has 0 aliphatic rings. The summed E-state index contributed by atoms with van der Waals surface area (Å²) in [6, 6.07) is 0. The van der Waals surface area contributed by atoms with Gasteiger partial charge in [0.25, 0.3) is 0 Å². The van der Waals surface area contributed by atoms with E-state index in [1.807, 2.05) is 14.1 Å². The number of nitrogens with zero attached hydrogens (tertiary/aromatic N) is 2. The molecule has 0 unspecified atom stereocenters. The zero-order valence-corrected chi connectivity index (χ0v) is 6.18. The van der Waals surface area contributed by atoms with Gasteiger partial charge in [-0.25, -0.2) is 4.58 Å². The third-order valence-electron chi connectivity index (χ3n) is 0.812. The Morgan fingerprint density at radius 1 is 1.38 bits per heavy atom. The summed E-state index contributed by atoms with van der Waals surface area (Å²) in [5.41, 5.74) is 0. The molecule has 0 aliphatic carbocycles. The molecule has 0 aromatic heterocycles. The van der Waals surface area contributed by atoms with Crippen molar-refractivity contribution >= 4 is 6.21 Å². The molecule has 0 rings (SSSR count). The summed E-state index contributed by atoms with van der Waals surface area (Å²) in [4.78, 5) is 2.12. The maximum absolute atomic E-state index is 2.12. The highest BCUT2D eigenvalue weighted by Crippen LogP contribution is 1.65. The van der Waals surface area contributed by atoms with Crippen LogP contribution in [0.1, 0.15) is 0 Å². The molecular formula is C6H15N2+. The van der Waals surface area contributed by atoms with E-state index in [0.717, 1.165) is 6.54 Å². The van der Waals surface area contributed by atoms with E-state index in [0.29, 0.717) is 0 Å². The molecule has 0 spiro atoms. The zero-order chi connectivity index (χ0) is 6.57. The van der Waals surface area contributed by atoms with Gasteiger partial charge >= 0.3 is 0 Å². The Bertz CT molecular complexity index is 80.5. The summed E-state index contributed by atoms with van der Waals surface area (Å²) in [5, 5.41) is 0. The van der Waals surface area contributed by atoms with Gasteiger partial charge in [0.2, 0.25) is 0 Å². The minimum Gasteiger partial charge on any atom is -0.300 e. The monoisotopic (exact) mass is 115 g/mol. The minimum absolute atomic E-state index is 1.02. The van der Waals surface area contributed by atoms with Crippen LogP contribution in [0.5, 0.6) is 0 Å². The minimum atomic E-state index is 1.02. The van der Waals surface area contributed by atoms with Gasteiger partial charge in [0, 0.05) is 0 Å². The third kappa shape index (κ3) is 5.63. The first-order valence-electron chi connectivity index (χ1n) is 2.77. The van der Waals surface area contributed by atoms with Gasteiger partial charge in [-0.2, -0.15) is 0 Å². The van der Waals surface area contributed by atoms with E-state index in [-0.39, 0.29) is 0 Å². The van der Waals surface area contributed by atoms with E-state index < -0.39 is 0 Å². The molecule has 0 saturated heterocycles.